The van der Waals surface area contributed by atoms with E-state index in [1.807, 2.05) is 46.7 Å². The molecule has 4 heteroatoms. The predicted molar refractivity (Wildman–Crippen MR) is 129 cm³/mol. The summed E-state index contributed by atoms with van der Waals surface area (Å²) in [5, 5.41) is 4.69. The molecule has 0 saturated carbocycles. The van der Waals surface area contributed by atoms with Crippen LogP contribution in [-0.4, -0.2) is 16.8 Å². The second kappa shape index (κ2) is 8.70. The molecule has 154 valence electrons. The summed E-state index contributed by atoms with van der Waals surface area (Å²) in [6.07, 6.45) is 1.76. The summed E-state index contributed by atoms with van der Waals surface area (Å²) >= 11 is 7.98. The Labute approximate surface area is 191 Å². The van der Waals surface area contributed by atoms with Crippen LogP contribution in [0.4, 0.5) is 0 Å². The molecular formula is C27H22ClNOS. The van der Waals surface area contributed by atoms with Crippen LogP contribution in [0.15, 0.2) is 89.6 Å². The average Bonchev–Trinajstić information content (AvgIpc) is 3.47. The normalized spacial score (nSPS) is 13.2. The van der Waals surface area contributed by atoms with E-state index < -0.39 is 0 Å². The van der Waals surface area contributed by atoms with Crippen molar-refractivity contribution in [3.05, 3.63) is 117 Å². The van der Waals surface area contributed by atoms with Crippen LogP contribution in [0.2, 0.25) is 5.02 Å². The number of halogens is 1. The molecule has 2 nitrogen and oxygen atoms in total. The fraction of sp³-hybridized carbons (Fsp3) is 0.148. The largest absolute Gasteiger partial charge is 0.331 e. The van der Waals surface area contributed by atoms with Gasteiger partial charge in [0.2, 0.25) is 0 Å². The van der Waals surface area contributed by atoms with Gasteiger partial charge in [0.25, 0.3) is 5.91 Å². The summed E-state index contributed by atoms with van der Waals surface area (Å²) in [6, 6.07) is 26.6. The highest BCUT2D eigenvalue weighted by atomic mass is 35.5. The molecule has 1 aliphatic rings. The number of carbonyl (C=O) groups excluding carboxylic acids is 1. The minimum Gasteiger partial charge on any atom is -0.331 e. The third-order valence-corrected chi connectivity index (χ3v) is 6.89. The van der Waals surface area contributed by atoms with Crippen LogP contribution in [0, 0.1) is 0 Å². The summed E-state index contributed by atoms with van der Waals surface area (Å²) in [4.78, 5) is 16.1. The number of amides is 1. The zero-order chi connectivity index (χ0) is 21.2. The van der Waals surface area contributed by atoms with E-state index in [1.165, 1.54) is 11.1 Å². The lowest BCUT2D eigenvalue weighted by atomic mass is 9.99. The van der Waals surface area contributed by atoms with Gasteiger partial charge in [-0.25, -0.2) is 0 Å². The lowest BCUT2D eigenvalue weighted by molar-refractivity contribution is 0.0668. The van der Waals surface area contributed by atoms with E-state index in [0.29, 0.717) is 17.1 Å². The summed E-state index contributed by atoms with van der Waals surface area (Å²) in [5.41, 5.74) is 6.46. The minimum atomic E-state index is 0.0327. The Morgan fingerprint density at radius 3 is 2.32 bits per heavy atom. The van der Waals surface area contributed by atoms with Gasteiger partial charge in [0.1, 0.15) is 0 Å². The fourth-order valence-corrected chi connectivity index (χ4v) is 5.25. The lowest BCUT2D eigenvalue weighted by Gasteiger charge is -2.30. The molecule has 4 aromatic rings. The van der Waals surface area contributed by atoms with E-state index in [4.69, 9.17) is 11.6 Å². The number of hydrogen-bond acceptors (Lipinski definition) is 2. The molecule has 0 N–H and O–H groups in total. The van der Waals surface area contributed by atoms with E-state index in [1.54, 1.807) is 11.3 Å². The van der Waals surface area contributed by atoms with Crippen LogP contribution in [0.25, 0.3) is 11.1 Å². The van der Waals surface area contributed by atoms with Gasteiger partial charge < -0.3 is 4.90 Å². The summed E-state index contributed by atoms with van der Waals surface area (Å²) in [5.74, 6) is 0.0327. The minimum absolute atomic E-state index is 0.0327. The SMILES string of the molecule is O=C(c1cc(Cl)ccc1-c1ccsc1)N(Cc1ccccc1)C1Cc2ccccc2C1. The first-order chi connectivity index (χ1) is 15.2. The maximum Gasteiger partial charge on any atom is 0.255 e. The molecule has 0 fully saturated rings. The van der Waals surface area contributed by atoms with Crippen LogP contribution >= 0.6 is 22.9 Å². The van der Waals surface area contributed by atoms with E-state index in [0.717, 1.165) is 29.5 Å². The van der Waals surface area contributed by atoms with Gasteiger partial charge in [0.05, 0.1) is 0 Å². The number of thiophene rings is 1. The van der Waals surface area contributed by atoms with E-state index >= 15 is 0 Å². The van der Waals surface area contributed by atoms with Gasteiger partial charge in [0, 0.05) is 23.2 Å². The Hall–Kier alpha value is -2.88. The Morgan fingerprint density at radius 2 is 1.65 bits per heavy atom. The monoisotopic (exact) mass is 443 g/mol. The first-order valence-corrected chi connectivity index (χ1v) is 11.7. The third-order valence-electron chi connectivity index (χ3n) is 5.97. The van der Waals surface area contributed by atoms with Crippen LogP contribution in [0.3, 0.4) is 0 Å². The van der Waals surface area contributed by atoms with Gasteiger partial charge in [0.15, 0.2) is 0 Å². The Balaban J connectivity index is 1.54. The van der Waals surface area contributed by atoms with Gasteiger partial charge >= 0.3 is 0 Å². The maximum atomic E-state index is 14.0. The fourth-order valence-electron chi connectivity index (χ4n) is 4.42. The Morgan fingerprint density at radius 1 is 0.935 bits per heavy atom. The van der Waals surface area contributed by atoms with Crippen molar-refractivity contribution < 1.29 is 4.79 Å². The highest BCUT2D eigenvalue weighted by Crippen LogP contribution is 2.32. The van der Waals surface area contributed by atoms with Crippen LogP contribution in [-0.2, 0) is 19.4 Å². The topological polar surface area (TPSA) is 20.3 Å². The molecule has 31 heavy (non-hydrogen) atoms. The van der Waals surface area contributed by atoms with E-state index in [2.05, 4.69) is 47.8 Å². The zero-order valence-corrected chi connectivity index (χ0v) is 18.6. The van der Waals surface area contributed by atoms with Gasteiger partial charge in [-0.05, 0) is 69.6 Å². The van der Waals surface area contributed by atoms with Gasteiger partial charge in [-0.1, -0.05) is 72.3 Å². The first-order valence-electron chi connectivity index (χ1n) is 10.4. The second-order valence-corrected chi connectivity index (χ2v) is 9.17. The molecule has 3 aromatic carbocycles. The van der Waals surface area contributed by atoms with Crippen molar-refractivity contribution in [2.24, 2.45) is 0 Å². The Bertz CT molecular complexity index is 1180. The molecule has 5 rings (SSSR count). The molecule has 0 atom stereocenters. The second-order valence-electron chi connectivity index (χ2n) is 7.95. The molecule has 0 spiro atoms. The molecule has 1 heterocycles. The van der Waals surface area contributed by atoms with Crippen molar-refractivity contribution in [2.75, 3.05) is 0 Å². The number of carbonyl (C=O) groups is 1. The van der Waals surface area contributed by atoms with E-state index in [-0.39, 0.29) is 11.9 Å². The Kier molecular flexibility index (Phi) is 5.63. The molecule has 0 aliphatic heterocycles. The van der Waals surface area contributed by atoms with Crippen molar-refractivity contribution in [3.63, 3.8) is 0 Å². The summed E-state index contributed by atoms with van der Waals surface area (Å²) < 4.78 is 0. The number of rotatable bonds is 5. The summed E-state index contributed by atoms with van der Waals surface area (Å²) in [6.45, 7) is 0.577. The molecule has 1 aliphatic carbocycles. The molecular weight excluding hydrogens is 422 g/mol. The molecule has 0 bridgehead atoms. The number of fused-ring (bicyclic) bond motifs is 1. The third kappa shape index (κ3) is 4.16. The highest BCUT2D eigenvalue weighted by Gasteiger charge is 2.31. The molecule has 0 saturated heterocycles. The van der Waals surface area contributed by atoms with Crippen molar-refractivity contribution in [3.8, 4) is 11.1 Å². The number of benzene rings is 3. The van der Waals surface area contributed by atoms with Crippen LogP contribution in [0.5, 0.6) is 0 Å². The van der Waals surface area contributed by atoms with Gasteiger partial charge in [-0.2, -0.15) is 11.3 Å². The van der Waals surface area contributed by atoms with Gasteiger partial charge in [-0.3, -0.25) is 4.79 Å². The van der Waals surface area contributed by atoms with E-state index in [9.17, 15) is 4.79 Å². The standard InChI is InChI=1S/C27H22ClNOS/c28-23-10-11-25(22-12-13-31-18-22)26(16-23)27(30)29(17-19-6-2-1-3-7-19)24-14-20-8-4-5-9-21(20)15-24/h1-13,16,18,24H,14-15,17H2. The van der Waals surface area contributed by atoms with Crippen molar-refractivity contribution >= 4 is 28.8 Å². The summed E-state index contributed by atoms with van der Waals surface area (Å²) in [7, 11) is 0. The van der Waals surface area contributed by atoms with Crippen LogP contribution < -0.4 is 0 Å². The maximum absolute atomic E-state index is 14.0. The molecule has 1 aromatic heterocycles. The lowest BCUT2D eigenvalue weighted by Crippen LogP contribution is -2.40. The first kappa shape index (κ1) is 20.0. The molecule has 0 unspecified atom stereocenters. The van der Waals surface area contributed by atoms with Gasteiger partial charge in [-0.15, -0.1) is 0 Å². The average molecular weight is 444 g/mol. The van der Waals surface area contributed by atoms with Crippen LogP contribution in [0.1, 0.15) is 27.0 Å². The predicted octanol–water partition coefficient (Wildman–Crippen LogP) is 6.88. The zero-order valence-electron chi connectivity index (χ0n) is 17.0. The van der Waals surface area contributed by atoms with Crippen molar-refractivity contribution in [2.45, 2.75) is 25.4 Å². The smallest absolute Gasteiger partial charge is 0.255 e. The van der Waals surface area contributed by atoms with Crippen molar-refractivity contribution in [1.29, 1.82) is 0 Å². The number of hydrogen-bond donors (Lipinski definition) is 0. The number of nitrogens with zero attached hydrogens (tertiary/aromatic N) is 1. The highest BCUT2D eigenvalue weighted by molar-refractivity contribution is 7.08. The quantitative estimate of drug-likeness (QED) is 0.329. The molecule has 1 amide bonds. The van der Waals surface area contributed by atoms with Crippen molar-refractivity contribution in [1.82, 2.24) is 4.90 Å². The molecule has 0 radical (unpaired) electrons.